The minimum Gasteiger partial charge on any atom is -0.394 e. The quantitative estimate of drug-likeness (QED) is 0.687. The van der Waals surface area contributed by atoms with Crippen LogP contribution >= 0.6 is 11.6 Å². The second-order valence-corrected chi connectivity index (χ2v) is 11.9. The van der Waals surface area contributed by atoms with Crippen molar-refractivity contribution in [2.75, 3.05) is 29.1 Å². The zero-order valence-corrected chi connectivity index (χ0v) is 19.7. The Hall–Kier alpha value is -1.70. The molecule has 1 aromatic carbocycles. The SMILES string of the molecule is O=[S@]1CCCc2nc(N3CC4CC3CC4c3ccc(Cl)cc3)nc(NC3(CO)CCC3)c21. The molecule has 8 heteroatoms. The third-order valence-electron chi connectivity index (χ3n) is 7.99. The fourth-order valence-electron chi connectivity index (χ4n) is 6.07. The summed E-state index contributed by atoms with van der Waals surface area (Å²) in [6.45, 7) is 1.02. The molecule has 2 bridgehead atoms. The lowest BCUT2D eigenvalue weighted by Gasteiger charge is -2.42. The standard InChI is InChI=1S/C24H29ClN4O2S/c25-17-6-4-15(5-7-17)19-12-18-11-16(19)13-29(18)23-26-20-3-1-10-32(31)21(20)22(27-23)28-24(14-30)8-2-9-24/h4-7,16,18-19,30H,1-3,8-14H2,(H,26,27,28)/t16?,18?,19?,32-/m0/s1. The molecule has 2 aliphatic carbocycles. The summed E-state index contributed by atoms with van der Waals surface area (Å²) in [6.07, 6.45) is 6.92. The smallest absolute Gasteiger partial charge is 0.227 e. The van der Waals surface area contributed by atoms with Crippen molar-refractivity contribution < 1.29 is 9.32 Å². The van der Waals surface area contributed by atoms with Gasteiger partial charge in [-0.25, -0.2) is 4.98 Å². The number of nitrogens with one attached hydrogen (secondary N) is 1. The number of halogens is 1. The Kier molecular flexibility index (Phi) is 5.19. The van der Waals surface area contributed by atoms with Crippen LogP contribution in [0.5, 0.6) is 0 Å². The van der Waals surface area contributed by atoms with E-state index < -0.39 is 10.8 Å². The van der Waals surface area contributed by atoms with Gasteiger partial charge >= 0.3 is 0 Å². The number of piperidine rings is 1. The van der Waals surface area contributed by atoms with E-state index in [1.54, 1.807) is 0 Å². The lowest BCUT2D eigenvalue weighted by Crippen LogP contribution is -2.49. The molecular weight excluding hydrogens is 444 g/mol. The van der Waals surface area contributed by atoms with Gasteiger partial charge in [0.2, 0.25) is 5.95 Å². The highest BCUT2D eigenvalue weighted by atomic mass is 35.5. The summed E-state index contributed by atoms with van der Waals surface area (Å²) in [6, 6.07) is 8.73. The molecule has 4 aliphatic rings. The van der Waals surface area contributed by atoms with E-state index >= 15 is 0 Å². The molecule has 1 aromatic heterocycles. The van der Waals surface area contributed by atoms with E-state index in [0.717, 1.165) is 73.1 Å². The minimum absolute atomic E-state index is 0.0743. The largest absolute Gasteiger partial charge is 0.394 e. The highest BCUT2D eigenvalue weighted by molar-refractivity contribution is 7.85. The van der Waals surface area contributed by atoms with Gasteiger partial charge in [-0.1, -0.05) is 23.7 Å². The fourth-order valence-corrected chi connectivity index (χ4v) is 7.53. The zero-order valence-electron chi connectivity index (χ0n) is 18.1. The predicted molar refractivity (Wildman–Crippen MR) is 127 cm³/mol. The van der Waals surface area contributed by atoms with E-state index in [-0.39, 0.29) is 12.1 Å². The van der Waals surface area contributed by atoms with Crippen LogP contribution < -0.4 is 10.2 Å². The van der Waals surface area contributed by atoms with Crippen LogP contribution in [0.3, 0.4) is 0 Å². The van der Waals surface area contributed by atoms with Gasteiger partial charge in [0, 0.05) is 23.4 Å². The first-order chi connectivity index (χ1) is 15.5. The topological polar surface area (TPSA) is 78.4 Å². The van der Waals surface area contributed by atoms with Crippen LogP contribution in [-0.4, -0.2) is 49.8 Å². The average molecular weight is 473 g/mol. The average Bonchev–Trinajstić information content (AvgIpc) is 3.38. The predicted octanol–water partition coefficient (Wildman–Crippen LogP) is 3.89. The highest BCUT2D eigenvalue weighted by Crippen LogP contribution is 2.49. The van der Waals surface area contributed by atoms with E-state index in [9.17, 15) is 9.32 Å². The first-order valence-electron chi connectivity index (χ1n) is 11.8. The molecule has 0 spiro atoms. The number of aromatic nitrogens is 2. The van der Waals surface area contributed by atoms with Gasteiger partial charge in [-0.2, -0.15) is 4.98 Å². The van der Waals surface area contributed by atoms with Crippen LogP contribution in [0.2, 0.25) is 5.02 Å². The van der Waals surface area contributed by atoms with Crippen molar-refractivity contribution in [3.63, 3.8) is 0 Å². The van der Waals surface area contributed by atoms with Crippen LogP contribution in [0.15, 0.2) is 29.2 Å². The summed E-state index contributed by atoms with van der Waals surface area (Å²) in [4.78, 5) is 13.0. The van der Waals surface area contributed by atoms with Gasteiger partial charge in [-0.3, -0.25) is 4.21 Å². The maximum atomic E-state index is 12.9. The second-order valence-electron chi connectivity index (χ2n) is 9.91. The number of rotatable bonds is 5. The van der Waals surface area contributed by atoms with Gasteiger partial charge in [0.1, 0.15) is 10.7 Å². The first-order valence-corrected chi connectivity index (χ1v) is 13.5. The normalized spacial score (nSPS) is 30.1. The van der Waals surface area contributed by atoms with Crippen LogP contribution in [0.25, 0.3) is 0 Å². The molecule has 3 unspecified atom stereocenters. The second kappa shape index (κ2) is 7.96. The highest BCUT2D eigenvalue weighted by Gasteiger charge is 2.46. The van der Waals surface area contributed by atoms with Crippen molar-refractivity contribution in [1.29, 1.82) is 0 Å². The van der Waals surface area contributed by atoms with E-state index in [0.29, 0.717) is 29.4 Å². The molecule has 3 fully saturated rings. The zero-order chi connectivity index (χ0) is 21.9. The third kappa shape index (κ3) is 3.44. The van der Waals surface area contributed by atoms with E-state index in [1.165, 1.54) is 5.56 Å². The Bertz CT molecular complexity index is 1050. The Morgan fingerprint density at radius 3 is 2.66 bits per heavy atom. The summed E-state index contributed by atoms with van der Waals surface area (Å²) >= 11 is 6.09. The number of aryl methyl sites for hydroxylation is 1. The molecule has 6 nitrogen and oxygen atoms in total. The lowest BCUT2D eigenvalue weighted by atomic mass is 9.77. The molecule has 32 heavy (non-hydrogen) atoms. The molecule has 170 valence electrons. The van der Waals surface area contributed by atoms with E-state index in [2.05, 4.69) is 22.3 Å². The van der Waals surface area contributed by atoms with Gasteiger partial charge in [0.25, 0.3) is 0 Å². The molecule has 0 amide bonds. The molecule has 3 heterocycles. The summed E-state index contributed by atoms with van der Waals surface area (Å²) in [5, 5.41) is 14.3. The number of anilines is 2. The van der Waals surface area contributed by atoms with Crippen molar-refractivity contribution in [3.05, 3.63) is 40.5 Å². The van der Waals surface area contributed by atoms with Gasteiger partial charge in [0.05, 0.1) is 28.6 Å². The molecule has 1 saturated heterocycles. The number of fused-ring (bicyclic) bond motifs is 3. The maximum Gasteiger partial charge on any atom is 0.227 e. The molecular formula is C24H29ClN4O2S. The van der Waals surface area contributed by atoms with Gasteiger partial charge in [-0.05, 0) is 74.5 Å². The summed E-state index contributed by atoms with van der Waals surface area (Å²) in [5.41, 5.74) is 1.97. The molecule has 0 radical (unpaired) electrons. The Morgan fingerprint density at radius 1 is 1.19 bits per heavy atom. The van der Waals surface area contributed by atoms with Crippen molar-refractivity contribution in [2.24, 2.45) is 5.92 Å². The van der Waals surface area contributed by atoms with Crippen LogP contribution in [0, 0.1) is 5.92 Å². The van der Waals surface area contributed by atoms with Crippen molar-refractivity contribution in [2.45, 2.75) is 67.3 Å². The van der Waals surface area contributed by atoms with Gasteiger partial charge in [0.15, 0.2) is 0 Å². The number of hydrogen-bond donors (Lipinski definition) is 2. The Morgan fingerprint density at radius 2 is 2.00 bits per heavy atom. The lowest BCUT2D eigenvalue weighted by molar-refractivity contribution is 0.143. The molecule has 6 rings (SSSR count). The number of hydrogen-bond acceptors (Lipinski definition) is 6. The number of benzene rings is 1. The van der Waals surface area contributed by atoms with E-state index in [4.69, 9.17) is 21.6 Å². The molecule has 4 atom stereocenters. The first kappa shape index (κ1) is 20.9. The maximum absolute atomic E-state index is 12.9. The fraction of sp³-hybridized carbons (Fsp3) is 0.583. The number of aliphatic hydroxyl groups excluding tert-OH is 1. The molecule has 2 saturated carbocycles. The van der Waals surface area contributed by atoms with Crippen LogP contribution in [-0.2, 0) is 17.2 Å². The van der Waals surface area contributed by atoms with Crippen LogP contribution in [0.4, 0.5) is 11.8 Å². The molecule has 2 aliphatic heterocycles. The van der Waals surface area contributed by atoms with Gasteiger partial charge < -0.3 is 15.3 Å². The minimum atomic E-state index is -1.08. The molecule has 2 aromatic rings. The summed E-state index contributed by atoms with van der Waals surface area (Å²) < 4.78 is 12.9. The summed E-state index contributed by atoms with van der Waals surface area (Å²) in [5.74, 6) is 3.26. The monoisotopic (exact) mass is 472 g/mol. The van der Waals surface area contributed by atoms with Crippen molar-refractivity contribution in [3.8, 4) is 0 Å². The number of aliphatic hydroxyl groups is 1. The Balaban J connectivity index is 1.30. The van der Waals surface area contributed by atoms with Crippen LogP contribution in [0.1, 0.15) is 55.7 Å². The van der Waals surface area contributed by atoms with E-state index in [1.807, 2.05) is 12.1 Å². The number of nitrogens with zero attached hydrogens (tertiary/aromatic N) is 3. The van der Waals surface area contributed by atoms with Gasteiger partial charge in [-0.15, -0.1) is 0 Å². The summed E-state index contributed by atoms with van der Waals surface area (Å²) in [7, 11) is -1.08. The Labute approximate surface area is 196 Å². The third-order valence-corrected chi connectivity index (χ3v) is 9.78. The molecule has 2 N–H and O–H groups in total. The van der Waals surface area contributed by atoms with Crippen molar-refractivity contribution in [1.82, 2.24) is 9.97 Å². The van der Waals surface area contributed by atoms with Crippen molar-refractivity contribution >= 4 is 34.2 Å².